The van der Waals surface area contributed by atoms with Gasteiger partial charge in [-0.15, -0.1) is 0 Å². The first-order valence-corrected chi connectivity index (χ1v) is 5.77. The minimum absolute atomic E-state index is 0.259. The third-order valence-electron chi connectivity index (χ3n) is 2.43. The van der Waals surface area contributed by atoms with E-state index in [0.717, 1.165) is 16.5 Å². The Hall–Kier alpha value is -1.95. The molecule has 0 aromatic heterocycles. The first-order valence-electron chi connectivity index (χ1n) is 4.98. The maximum Gasteiger partial charge on any atom is 0.343 e. The molecule has 0 bridgehead atoms. The van der Waals surface area contributed by atoms with Gasteiger partial charge in [0.15, 0.2) is 0 Å². The third-order valence-corrected chi connectivity index (χ3v) is 2.95. The molecule has 0 spiro atoms. The number of hydrogen-bond acceptors (Lipinski definition) is 4. The summed E-state index contributed by atoms with van der Waals surface area (Å²) in [5.74, 6) is -2.43. The van der Waals surface area contributed by atoms with E-state index >= 15 is 0 Å². The van der Waals surface area contributed by atoms with Gasteiger partial charge in [0.2, 0.25) is 0 Å². The van der Waals surface area contributed by atoms with Crippen LogP contribution in [0.3, 0.4) is 0 Å². The lowest BCUT2D eigenvalue weighted by Gasteiger charge is -2.11. The molecular formula is C12H8BrNO4. The van der Waals surface area contributed by atoms with Crippen molar-refractivity contribution < 1.29 is 19.1 Å². The molecule has 1 aromatic rings. The van der Waals surface area contributed by atoms with Crippen molar-refractivity contribution in [3.05, 3.63) is 40.5 Å². The second kappa shape index (κ2) is 4.73. The Balaban J connectivity index is 2.38. The second-order valence-electron chi connectivity index (χ2n) is 3.52. The molecule has 2 rings (SSSR count). The summed E-state index contributed by atoms with van der Waals surface area (Å²) in [6.07, 6.45) is 1.19. The Morgan fingerprint density at radius 3 is 2.39 bits per heavy atom. The van der Waals surface area contributed by atoms with Crippen LogP contribution in [-0.2, 0) is 19.1 Å². The van der Waals surface area contributed by atoms with Gasteiger partial charge in [-0.2, -0.15) is 0 Å². The maximum atomic E-state index is 11.7. The van der Waals surface area contributed by atoms with Gasteiger partial charge in [-0.3, -0.25) is 14.5 Å². The fourth-order valence-corrected chi connectivity index (χ4v) is 1.78. The summed E-state index contributed by atoms with van der Waals surface area (Å²) < 4.78 is 5.29. The van der Waals surface area contributed by atoms with Crippen LogP contribution in [0.25, 0.3) is 0 Å². The number of ketones is 1. The predicted octanol–water partition coefficient (Wildman–Crippen LogP) is 1.42. The molecule has 0 saturated heterocycles. The molecule has 1 aromatic carbocycles. The highest BCUT2D eigenvalue weighted by Crippen LogP contribution is 2.24. The van der Waals surface area contributed by atoms with Gasteiger partial charge in [0.05, 0.1) is 7.11 Å². The number of rotatable bonds is 2. The quantitative estimate of drug-likeness (QED) is 0.471. The largest absolute Gasteiger partial charge is 0.465 e. The van der Waals surface area contributed by atoms with Crippen LogP contribution in [0, 0.1) is 0 Å². The van der Waals surface area contributed by atoms with Crippen molar-refractivity contribution in [2.75, 3.05) is 12.0 Å². The molecule has 0 atom stereocenters. The fraction of sp³-hybridized carbons (Fsp3) is 0.0833. The Labute approximate surface area is 111 Å². The van der Waals surface area contributed by atoms with E-state index in [1.807, 2.05) is 0 Å². The van der Waals surface area contributed by atoms with Crippen LogP contribution < -0.4 is 4.90 Å². The van der Waals surface area contributed by atoms with Crippen LogP contribution in [0.5, 0.6) is 0 Å². The SMILES string of the molecule is COC(=O)C1=CN(c2ccc(Br)cc2)C(=O)C1=O. The highest BCUT2D eigenvalue weighted by molar-refractivity contribution is 9.10. The number of nitrogens with zero attached hydrogens (tertiary/aromatic N) is 1. The molecule has 1 aliphatic heterocycles. The Morgan fingerprint density at radius 2 is 1.83 bits per heavy atom. The van der Waals surface area contributed by atoms with Crippen LogP contribution in [0.4, 0.5) is 5.69 Å². The number of esters is 1. The standard InChI is InChI=1S/C12H8BrNO4/c1-18-12(17)9-6-14(11(16)10(9)15)8-4-2-7(13)3-5-8/h2-6H,1H3. The normalized spacial score (nSPS) is 14.8. The van der Waals surface area contributed by atoms with Crippen molar-refractivity contribution in [2.45, 2.75) is 0 Å². The monoisotopic (exact) mass is 309 g/mol. The van der Waals surface area contributed by atoms with E-state index in [-0.39, 0.29) is 5.57 Å². The van der Waals surface area contributed by atoms with Crippen LogP contribution in [-0.4, -0.2) is 24.8 Å². The van der Waals surface area contributed by atoms with Crippen molar-refractivity contribution in [2.24, 2.45) is 0 Å². The summed E-state index contributed by atoms with van der Waals surface area (Å²) in [5, 5.41) is 0. The molecule has 0 aliphatic carbocycles. The summed E-state index contributed by atoms with van der Waals surface area (Å²) >= 11 is 3.27. The zero-order chi connectivity index (χ0) is 13.3. The number of amides is 1. The highest BCUT2D eigenvalue weighted by atomic mass is 79.9. The molecule has 6 heteroatoms. The maximum absolute atomic E-state index is 11.7. The number of benzene rings is 1. The molecule has 92 valence electrons. The van der Waals surface area contributed by atoms with Crippen LogP contribution in [0.15, 0.2) is 40.5 Å². The summed E-state index contributed by atoms with van der Waals surface area (Å²) in [6, 6.07) is 6.78. The Morgan fingerprint density at radius 1 is 1.22 bits per heavy atom. The lowest BCUT2D eigenvalue weighted by atomic mass is 10.2. The van der Waals surface area contributed by atoms with Gasteiger partial charge in [0.1, 0.15) is 5.57 Å². The van der Waals surface area contributed by atoms with E-state index < -0.39 is 17.7 Å². The molecule has 0 saturated carbocycles. The number of carbonyl (C=O) groups is 3. The zero-order valence-corrected chi connectivity index (χ0v) is 10.9. The lowest BCUT2D eigenvalue weighted by molar-refractivity contribution is -0.140. The van der Waals surface area contributed by atoms with Gasteiger partial charge < -0.3 is 4.74 Å². The number of hydrogen-bond donors (Lipinski definition) is 0. The van der Waals surface area contributed by atoms with Gasteiger partial charge >= 0.3 is 11.9 Å². The van der Waals surface area contributed by atoms with Crippen molar-refractivity contribution >= 4 is 39.3 Å². The summed E-state index contributed by atoms with van der Waals surface area (Å²) in [4.78, 5) is 35.7. The van der Waals surface area contributed by atoms with E-state index in [1.54, 1.807) is 24.3 Å². The van der Waals surface area contributed by atoms with E-state index in [2.05, 4.69) is 20.7 Å². The van der Waals surface area contributed by atoms with Crippen LogP contribution in [0.2, 0.25) is 0 Å². The number of Topliss-reactive ketones (excluding diaryl/α,β-unsaturated/α-hetero) is 1. The molecule has 1 aliphatic rings. The number of anilines is 1. The molecule has 1 heterocycles. The smallest absolute Gasteiger partial charge is 0.343 e. The Kier molecular flexibility index (Phi) is 3.29. The molecule has 18 heavy (non-hydrogen) atoms. The van der Waals surface area contributed by atoms with E-state index in [0.29, 0.717) is 5.69 Å². The molecule has 0 radical (unpaired) electrons. The molecule has 5 nitrogen and oxygen atoms in total. The van der Waals surface area contributed by atoms with Crippen LogP contribution in [0.1, 0.15) is 0 Å². The van der Waals surface area contributed by atoms with Gasteiger partial charge in [-0.1, -0.05) is 15.9 Å². The van der Waals surface area contributed by atoms with Gasteiger partial charge in [-0.05, 0) is 24.3 Å². The molecule has 0 fully saturated rings. The lowest BCUT2D eigenvalue weighted by Crippen LogP contribution is -2.26. The van der Waals surface area contributed by atoms with Gasteiger partial charge in [0, 0.05) is 16.4 Å². The zero-order valence-electron chi connectivity index (χ0n) is 9.34. The first kappa shape index (κ1) is 12.5. The van der Waals surface area contributed by atoms with E-state index in [1.165, 1.54) is 6.20 Å². The number of halogens is 1. The minimum Gasteiger partial charge on any atom is -0.465 e. The molecule has 0 N–H and O–H groups in total. The molecule has 0 unspecified atom stereocenters. The van der Waals surface area contributed by atoms with Crippen molar-refractivity contribution in [1.29, 1.82) is 0 Å². The summed E-state index contributed by atoms with van der Waals surface area (Å²) in [6.45, 7) is 0. The third kappa shape index (κ3) is 2.06. The predicted molar refractivity (Wildman–Crippen MR) is 66.7 cm³/mol. The molecular weight excluding hydrogens is 302 g/mol. The van der Waals surface area contributed by atoms with E-state index in [9.17, 15) is 14.4 Å². The summed E-state index contributed by atoms with van der Waals surface area (Å²) in [5.41, 5.74) is 0.251. The highest BCUT2D eigenvalue weighted by Gasteiger charge is 2.36. The fourth-order valence-electron chi connectivity index (χ4n) is 1.52. The van der Waals surface area contributed by atoms with E-state index in [4.69, 9.17) is 0 Å². The van der Waals surface area contributed by atoms with Gasteiger partial charge in [-0.25, -0.2) is 4.79 Å². The van der Waals surface area contributed by atoms with Gasteiger partial charge in [0.25, 0.3) is 5.78 Å². The average molecular weight is 310 g/mol. The number of methoxy groups -OCH3 is 1. The summed E-state index contributed by atoms with van der Waals surface area (Å²) in [7, 11) is 1.16. The topological polar surface area (TPSA) is 63.7 Å². The van der Waals surface area contributed by atoms with Crippen LogP contribution >= 0.6 is 15.9 Å². The number of carbonyl (C=O) groups excluding carboxylic acids is 3. The second-order valence-corrected chi connectivity index (χ2v) is 4.43. The Bertz CT molecular complexity index is 562. The van der Waals surface area contributed by atoms with Crippen molar-refractivity contribution in [1.82, 2.24) is 0 Å². The minimum atomic E-state index is -0.857. The first-order chi connectivity index (χ1) is 8.54. The molecule has 1 amide bonds. The number of ether oxygens (including phenoxy) is 1. The van der Waals surface area contributed by atoms with Crippen molar-refractivity contribution in [3.63, 3.8) is 0 Å². The van der Waals surface area contributed by atoms with Crippen molar-refractivity contribution in [3.8, 4) is 0 Å². The average Bonchev–Trinajstić information content (AvgIpc) is 2.67.